The third kappa shape index (κ3) is 3.85. The van der Waals surface area contributed by atoms with Gasteiger partial charge in [-0.25, -0.2) is 9.67 Å². The SMILES string of the molecule is N#Cc1cc(-c2cn(Cc3cn4cc(CNCC5CCC5)ccc4n3)nn2)c2cn[nH]c2c1. The first-order valence-electron chi connectivity index (χ1n) is 11.2. The van der Waals surface area contributed by atoms with Crippen LogP contribution in [0.25, 0.3) is 27.8 Å². The summed E-state index contributed by atoms with van der Waals surface area (Å²) in [6.45, 7) is 2.48. The van der Waals surface area contributed by atoms with Crippen molar-refractivity contribution in [3.05, 3.63) is 65.9 Å². The van der Waals surface area contributed by atoms with Crippen LogP contribution < -0.4 is 5.32 Å². The van der Waals surface area contributed by atoms with Crippen LogP contribution in [0.15, 0.2) is 49.1 Å². The van der Waals surface area contributed by atoms with Crippen molar-refractivity contribution in [2.24, 2.45) is 5.92 Å². The van der Waals surface area contributed by atoms with E-state index in [1.165, 1.54) is 24.8 Å². The number of nitrogens with one attached hydrogen (secondary N) is 2. The highest BCUT2D eigenvalue weighted by atomic mass is 15.4. The van der Waals surface area contributed by atoms with Gasteiger partial charge < -0.3 is 9.72 Å². The Bertz CT molecular complexity index is 1480. The summed E-state index contributed by atoms with van der Waals surface area (Å²) in [5, 5.41) is 29.5. The fourth-order valence-electron chi connectivity index (χ4n) is 4.38. The second kappa shape index (κ2) is 8.15. The Morgan fingerprint density at radius 2 is 2.12 bits per heavy atom. The maximum Gasteiger partial charge on any atom is 0.137 e. The molecule has 33 heavy (non-hydrogen) atoms. The standard InChI is InChI=1S/C24H23N9/c25-8-18-6-20(21-11-27-29-22(21)7-18)23-15-33(31-30-23)14-19-13-32-12-17(4-5-24(32)28-19)10-26-9-16-2-1-3-16/h4-7,11-13,15-16,26H,1-3,9-10,14H2,(H,27,29). The van der Waals surface area contributed by atoms with Gasteiger partial charge in [-0.15, -0.1) is 5.10 Å². The Morgan fingerprint density at radius 1 is 1.18 bits per heavy atom. The maximum atomic E-state index is 9.34. The first kappa shape index (κ1) is 19.6. The van der Waals surface area contributed by atoms with Crippen molar-refractivity contribution in [2.75, 3.05) is 6.54 Å². The molecule has 0 atom stereocenters. The summed E-state index contributed by atoms with van der Waals surface area (Å²) in [6.07, 6.45) is 11.9. The molecule has 1 aliphatic carbocycles. The normalized spacial score (nSPS) is 14.0. The van der Waals surface area contributed by atoms with Crippen LogP contribution in [0.2, 0.25) is 0 Å². The maximum absolute atomic E-state index is 9.34. The van der Waals surface area contributed by atoms with E-state index in [-0.39, 0.29) is 0 Å². The number of hydrogen-bond acceptors (Lipinski definition) is 6. The van der Waals surface area contributed by atoms with Crippen LogP contribution >= 0.6 is 0 Å². The summed E-state index contributed by atoms with van der Waals surface area (Å²) in [4.78, 5) is 4.73. The zero-order valence-corrected chi connectivity index (χ0v) is 18.1. The van der Waals surface area contributed by atoms with Crippen molar-refractivity contribution in [2.45, 2.75) is 32.4 Å². The molecule has 0 radical (unpaired) electrons. The van der Waals surface area contributed by atoms with E-state index in [2.05, 4.69) is 54.6 Å². The molecule has 1 saturated carbocycles. The Balaban J connectivity index is 1.20. The Labute approximate surface area is 190 Å². The number of aromatic amines is 1. The third-order valence-corrected chi connectivity index (χ3v) is 6.38. The molecule has 0 amide bonds. The van der Waals surface area contributed by atoms with E-state index in [4.69, 9.17) is 4.98 Å². The Kier molecular flexibility index (Phi) is 4.85. The number of hydrogen-bond donors (Lipinski definition) is 2. The number of pyridine rings is 1. The number of benzene rings is 1. The molecule has 0 saturated heterocycles. The average Bonchev–Trinajstić information content (AvgIpc) is 3.53. The fraction of sp³-hybridized carbons (Fsp3) is 0.292. The topological polar surface area (TPSA) is 113 Å². The van der Waals surface area contributed by atoms with Gasteiger partial charge in [0.05, 0.1) is 41.8 Å². The van der Waals surface area contributed by atoms with Crippen molar-refractivity contribution in [1.82, 2.24) is 39.9 Å². The average molecular weight is 438 g/mol. The number of imidazole rings is 1. The molecular formula is C24H23N9. The highest BCUT2D eigenvalue weighted by molar-refractivity contribution is 5.94. The molecule has 9 nitrogen and oxygen atoms in total. The number of fused-ring (bicyclic) bond motifs is 2. The van der Waals surface area contributed by atoms with Crippen LogP contribution in [0.5, 0.6) is 0 Å². The van der Waals surface area contributed by atoms with E-state index in [0.29, 0.717) is 17.8 Å². The van der Waals surface area contributed by atoms with Crippen LogP contribution in [0.1, 0.15) is 36.1 Å². The number of H-pyrrole nitrogens is 1. The molecule has 5 aromatic rings. The quantitative estimate of drug-likeness (QED) is 0.404. The van der Waals surface area contributed by atoms with E-state index in [0.717, 1.165) is 46.8 Å². The lowest BCUT2D eigenvalue weighted by Crippen LogP contribution is -2.26. The summed E-state index contributed by atoms with van der Waals surface area (Å²) in [5.41, 5.74) is 5.95. The number of nitriles is 1. The third-order valence-electron chi connectivity index (χ3n) is 6.38. The molecule has 1 fully saturated rings. The van der Waals surface area contributed by atoms with Gasteiger partial charge in [0.25, 0.3) is 0 Å². The van der Waals surface area contributed by atoms with Gasteiger partial charge in [-0.3, -0.25) is 5.10 Å². The summed E-state index contributed by atoms with van der Waals surface area (Å²) < 4.78 is 3.84. The van der Waals surface area contributed by atoms with Gasteiger partial charge in [-0.2, -0.15) is 10.4 Å². The van der Waals surface area contributed by atoms with E-state index in [1.807, 2.05) is 18.5 Å². The van der Waals surface area contributed by atoms with E-state index in [9.17, 15) is 5.26 Å². The first-order chi connectivity index (χ1) is 16.2. The molecular weight excluding hydrogens is 414 g/mol. The molecule has 4 aromatic heterocycles. The zero-order chi connectivity index (χ0) is 22.2. The highest BCUT2D eigenvalue weighted by Crippen LogP contribution is 2.28. The van der Waals surface area contributed by atoms with Crippen molar-refractivity contribution in [1.29, 1.82) is 5.26 Å². The Hall–Kier alpha value is -4.03. The molecule has 9 heteroatoms. The predicted octanol–water partition coefficient (Wildman–Crippen LogP) is 3.28. The van der Waals surface area contributed by atoms with E-state index >= 15 is 0 Å². The number of rotatable bonds is 7. The van der Waals surface area contributed by atoms with Crippen LogP contribution in [-0.2, 0) is 13.1 Å². The van der Waals surface area contributed by atoms with Crippen molar-refractivity contribution >= 4 is 16.6 Å². The van der Waals surface area contributed by atoms with Crippen molar-refractivity contribution in [3.63, 3.8) is 0 Å². The fourth-order valence-corrected chi connectivity index (χ4v) is 4.38. The minimum atomic E-state index is 0.510. The van der Waals surface area contributed by atoms with Crippen LogP contribution in [0.4, 0.5) is 0 Å². The lowest BCUT2D eigenvalue weighted by Gasteiger charge is -2.25. The van der Waals surface area contributed by atoms with Crippen LogP contribution in [0, 0.1) is 17.2 Å². The second-order valence-corrected chi connectivity index (χ2v) is 8.73. The smallest absolute Gasteiger partial charge is 0.137 e. The van der Waals surface area contributed by atoms with Gasteiger partial charge in [0.15, 0.2) is 0 Å². The molecule has 1 aliphatic rings. The van der Waals surface area contributed by atoms with Crippen LogP contribution in [-0.4, -0.2) is 41.1 Å². The van der Waals surface area contributed by atoms with Crippen molar-refractivity contribution in [3.8, 4) is 17.3 Å². The molecule has 4 heterocycles. The minimum absolute atomic E-state index is 0.510. The minimum Gasteiger partial charge on any atom is -0.312 e. The molecule has 0 aliphatic heterocycles. The highest BCUT2D eigenvalue weighted by Gasteiger charge is 2.16. The van der Waals surface area contributed by atoms with Gasteiger partial charge >= 0.3 is 0 Å². The monoisotopic (exact) mass is 437 g/mol. The molecule has 6 rings (SSSR count). The van der Waals surface area contributed by atoms with Gasteiger partial charge in [0.2, 0.25) is 0 Å². The number of nitrogens with zero attached hydrogens (tertiary/aromatic N) is 7. The van der Waals surface area contributed by atoms with Gasteiger partial charge in [-0.05, 0) is 49.1 Å². The largest absolute Gasteiger partial charge is 0.312 e. The lowest BCUT2D eigenvalue weighted by atomic mass is 9.85. The van der Waals surface area contributed by atoms with Crippen molar-refractivity contribution < 1.29 is 0 Å². The second-order valence-electron chi connectivity index (χ2n) is 8.73. The predicted molar refractivity (Wildman–Crippen MR) is 123 cm³/mol. The summed E-state index contributed by atoms with van der Waals surface area (Å²) in [5.74, 6) is 0.855. The van der Waals surface area contributed by atoms with Gasteiger partial charge in [-0.1, -0.05) is 17.7 Å². The van der Waals surface area contributed by atoms with E-state index < -0.39 is 0 Å². The van der Waals surface area contributed by atoms with E-state index in [1.54, 1.807) is 16.9 Å². The molecule has 164 valence electrons. The zero-order valence-electron chi connectivity index (χ0n) is 18.1. The molecule has 0 unspecified atom stereocenters. The number of aromatic nitrogens is 7. The summed E-state index contributed by atoms with van der Waals surface area (Å²) >= 11 is 0. The van der Waals surface area contributed by atoms with Gasteiger partial charge in [0.1, 0.15) is 11.3 Å². The molecule has 1 aromatic carbocycles. The summed E-state index contributed by atoms with van der Waals surface area (Å²) in [7, 11) is 0. The molecule has 0 spiro atoms. The first-order valence-corrected chi connectivity index (χ1v) is 11.2. The lowest BCUT2D eigenvalue weighted by molar-refractivity contribution is 0.301. The molecule has 2 N–H and O–H groups in total. The molecule has 0 bridgehead atoms. The van der Waals surface area contributed by atoms with Crippen LogP contribution in [0.3, 0.4) is 0 Å². The summed E-state index contributed by atoms with van der Waals surface area (Å²) in [6, 6.07) is 9.97. The van der Waals surface area contributed by atoms with Gasteiger partial charge in [0, 0.05) is 29.9 Å². The Morgan fingerprint density at radius 3 is 2.97 bits per heavy atom.